The molecule has 3 N–H and O–H groups in total. The van der Waals surface area contributed by atoms with Crippen LogP contribution in [0.4, 0.5) is 0 Å². The van der Waals surface area contributed by atoms with E-state index in [2.05, 4.69) is 5.32 Å². The first-order chi connectivity index (χ1) is 9.31. The molecule has 1 amide bonds. The lowest BCUT2D eigenvalue weighted by Crippen LogP contribution is -2.47. The maximum Gasteiger partial charge on any atom is 0.328 e. The fourth-order valence-corrected chi connectivity index (χ4v) is 1.74. The number of carboxylic acid groups (broad SMARTS) is 1. The third kappa shape index (κ3) is 4.64. The van der Waals surface area contributed by atoms with E-state index in [1.807, 2.05) is 31.1 Å². The predicted molar refractivity (Wildman–Crippen MR) is 74.4 cm³/mol. The molecule has 0 spiro atoms. The Bertz CT molecular complexity index is 469. The highest BCUT2D eigenvalue weighted by Gasteiger charge is 2.25. The molecule has 1 rings (SSSR count). The summed E-state index contributed by atoms with van der Waals surface area (Å²) >= 11 is 0. The molecule has 1 aromatic rings. The number of hydrogen-bond donors (Lipinski definition) is 3. The maximum atomic E-state index is 11.9. The number of carbonyl (C=O) groups is 2. The molecule has 0 bridgehead atoms. The minimum Gasteiger partial charge on any atom is -0.480 e. The molecule has 0 aromatic heterocycles. The fourth-order valence-electron chi connectivity index (χ4n) is 1.74. The maximum absolute atomic E-state index is 11.9. The zero-order valence-corrected chi connectivity index (χ0v) is 11.8. The number of rotatable bonds is 6. The van der Waals surface area contributed by atoms with Crippen LogP contribution >= 0.6 is 0 Å². The van der Waals surface area contributed by atoms with Crippen LogP contribution in [0, 0.1) is 0 Å². The molecule has 0 fully saturated rings. The van der Waals surface area contributed by atoms with Crippen LogP contribution in [-0.2, 0) is 11.3 Å². The van der Waals surface area contributed by atoms with E-state index < -0.39 is 24.0 Å². The van der Waals surface area contributed by atoms with E-state index >= 15 is 0 Å². The largest absolute Gasteiger partial charge is 0.480 e. The number of carbonyl (C=O) groups excluding carboxylic acids is 1. The Balaban J connectivity index is 2.74. The molecular weight excluding hydrogens is 260 g/mol. The van der Waals surface area contributed by atoms with E-state index in [0.29, 0.717) is 5.56 Å². The van der Waals surface area contributed by atoms with Crippen molar-refractivity contribution in [2.24, 2.45) is 0 Å². The average Bonchev–Trinajstić information content (AvgIpc) is 2.35. The van der Waals surface area contributed by atoms with Gasteiger partial charge in [-0.1, -0.05) is 12.1 Å². The van der Waals surface area contributed by atoms with Crippen LogP contribution in [0.15, 0.2) is 24.3 Å². The number of carboxylic acids is 1. The first-order valence-electron chi connectivity index (χ1n) is 6.26. The molecule has 0 aliphatic carbocycles. The van der Waals surface area contributed by atoms with Gasteiger partial charge in [-0.15, -0.1) is 0 Å². The third-order valence-corrected chi connectivity index (χ3v) is 2.75. The predicted octanol–water partition coefficient (Wildman–Crippen LogP) is 0.312. The van der Waals surface area contributed by atoms with Crippen LogP contribution in [0.2, 0.25) is 0 Å². The van der Waals surface area contributed by atoms with E-state index in [-0.39, 0.29) is 0 Å². The Morgan fingerprint density at radius 2 is 1.80 bits per heavy atom. The van der Waals surface area contributed by atoms with E-state index in [0.717, 1.165) is 12.1 Å². The van der Waals surface area contributed by atoms with Crippen LogP contribution in [0.5, 0.6) is 0 Å². The van der Waals surface area contributed by atoms with E-state index in [1.54, 1.807) is 12.1 Å². The van der Waals surface area contributed by atoms with Crippen LogP contribution in [0.25, 0.3) is 0 Å². The second-order valence-corrected chi connectivity index (χ2v) is 4.96. The molecule has 0 radical (unpaired) electrons. The summed E-state index contributed by atoms with van der Waals surface area (Å²) in [5, 5.41) is 20.5. The highest BCUT2D eigenvalue weighted by Crippen LogP contribution is 2.07. The zero-order valence-electron chi connectivity index (χ0n) is 11.8. The molecular formula is C14H20N2O4. The normalized spacial score (nSPS) is 13.8. The van der Waals surface area contributed by atoms with Crippen molar-refractivity contribution in [2.45, 2.75) is 25.6 Å². The van der Waals surface area contributed by atoms with Gasteiger partial charge in [-0.25, -0.2) is 4.79 Å². The summed E-state index contributed by atoms with van der Waals surface area (Å²) in [5.74, 6) is -1.78. The summed E-state index contributed by atoms with van der Waals surface area (Å²) in [6.07, 6.45) is -1.16. The number of aliphatic hydroxyl groups excluding tert-OH is 1. The summed E-state index contributed by atoms with van der Waals surface area (Å²) in [5.41, 5.74) is 1.41. The first-order valence-corrected chi connectivity index (χ1v) is 6.26. The lowest BCUT2D eigenvalue weighted by molar-refractivity contribution is -0.141. The van der Waals surface area contributed by atoms with Gasteiger partial charge in [0, 0.05) is 12.1 Å². The number of aliphatic carboxylic acids is 1. The van der Waals surface area contributed by atoms with Crippen molar-refractivity contribution in [3.05, 3.63) is 35.4 Å². The average molecular weight is 280 g/mol. The second kappa shape index (κ2) is 7.02. The molecule has 0 unspecified atom stereocenters. The van der Waals surface area contributed by atoms with Crippen molar-refractivity contribution in [3.63, 3.8) is 0 Å². The lowest BCUT2D eigenvalue weighted by Gasteiger charge is -2.17. The lowest BCUT2D eigenvalue weighted by atomic mass is 10.1. The molecule has 0 heterocycles. The smallest absolute Gasteiger partial charge is 0.328 e. The molecule has 6 heteroatoms. The molecule has 110 valence electrons. The summed E-state index contributed by atoms with van der Waals surface area (Å²) in [6, 6.07) is 5.58. The summed E-state index contributed by atoms with van der Waals surface area (Å²) in [4.78, 5) is 24.8. The van der Waals surface area contributed by atoms with Crippen molar-refractivity contribution in [3.8, 4) is 0 Å². The van der Waals surface area contributed by atoms with Gasteiger partial charge in [0.1, 0.15) is 0 Å². The van der Waals surface area contributed by atoms with Gasteiger partial charge >= 0.3 is 5.97 Å². The molecule has 0 saturated carbocycles. The van der Waals surface area contributed by atoms with E-state index in [4.69, 9.17) is 5.11 Å². The van der Waals surface area contributed by atoms with Gasteiger partial charge in [-0.05, 0) is 38.7 Å². The number of nitrogens with zero attached hydrogens (tertiary/aromatic N) is 1. The monoisotopic (exact) mass is 280 g/mol. The van der Waals surface area contributed by atoms with Crippen molar-refractivity contribution in [1.82, 2.24) is 10.2 Å². The van der Waals surface area contributed by atoms with Crippen LogP contribution in [0.1, 0.15) is 22.8 Å². The van der Waals surface area contributed by atoms with E-state index in [1.165, 1.54) is 6.92 Å². The number of hydrogen-bond acceptors (Lipinski definition) is 4. The van der Waals surface area contributed by atoms with Gasteiger partial charge in [0.15, 0.2) is 6.04 Å². The number of aliphatic hydroxyl groups is 1. The van der Waals surface area contributed by atoms with Gasteiger partial charge in [-0.2, -0.15) is 0 Å². The second-order valence-electron chi connectivity index (χ2n) is 4.96. The minimum absolute atomic E-state index is 0.361. The minimum atomic E-state index is -1.32. The molecule has 1 aromatic carbocycles. The quantitative estimate of drug-likeness (QED) is 0.698. The van der Waals surface area contributed by atoms with Gasteiger partial charge in [0.25, 0.3) is 5.91 Å². The Kier molecular flexibility index (Phi) is 5.66. The summed E-state index contributed by atoms with van der Waals surface area (Å²) < 4.78 is 0. The molecule has 0 aliphatic heterocycles. The Morgan fingerprint density at radius 3 is 2.20 bits per heavy atom. The Hall–Kier alpha value is -1.92. The molecule has 6 nitrogen and oxygen atoms in total. The number of benzene rings is 1. The SMILES string of the molecule is C[C@@H](O)[C@H](NC(=O)c1ccc(CN(C)C)cc1)C(=O)O. The van der Waals surface area contributed by atoms with Crippen LogP contribution < -0.4 is 5.32 Å². The van der Waals surface area contributed by atoms with E-state index in [9.17, 15) is 14.7 Å². The fraction of sp³-hybridized carbons (Fsp3) is 0.429. The number of amides is 1. The van der Waals surface area contributed by atoms with Gasteiger partial charge in [0.2, 0.25) is 0 Å². The summed E-state index contributed by atoms with van der Waals surface area (Å²) in [7, 11) is 3.89. The summed E-state index contributed by atoms with van der Waals surface area (Å²) in [6.45, 7) is 2.08. The topological polar surface area (TPSA) is 89.9 Å². The molecule has 2 atom stereocenters. The van der Waals surface area contributed by atoms with Crippen molar-refractivity contribution >= 4 is 11.9 Å². The zero-order chi connectivity index (χ0) is 15.3. The van der Waals surface area contributed by atoms with Crippen LogP contribution in [0.3, 0.4) is 0 Å². The molecule has 20 heavy (non-hydrogen) atoms. The van der Waals surface area contributed by atoms with Gasteiger partial charge < -0.3 is 20.4 Å². The Labute approximate surface area is 118 Å². The highest BCUT2D eigenvalue weighted by atomic mass is 16.4. The van der Waals surface area contributed by atoms with Crippen molar-refractivity contribution in [2.75, 3.05) is 14.1 Å². The van der Waals surface area contributed by atoms with Crippen molar-refractivity contribution < 1.29 is 19.8 Å². The first kappa shape index (κ1) is 16.1. The standard InChI is InChI=1S/C14H20N2O4/c1-9(17)12(14(19)20)15-13(18)11-6-4-10(5-7-11)8-16(2)3/h4-7,9,12,17H,8H2,1-3H3,(H,15,18)(H,19,20)/t9-,12+/m1/s1. The van der Waals surface area contributed by atoms with Gasteiger partial charge in [-0.3, -0.25) is 4.79 Å². The highest BCUT2D eigenvalue weighted by molar-refractivity contribution is 5.96. The third-order valence-electron chi connectivity index (χ3n) is 2.75. The Morgan fingerprint density at radius 1 is 1.25 bits per heavy atom. The van der Waals surface area contributed by atoms with Crippen LogP contribution in [-0.4, -0.2) is 53.2 Å². The molecule has 0 saturated heterocycles. The van der Waals surface area contributed by atoms with Crippen molar-refractivity contribution in [1.29, 1.82) is 0 Å². The number of nitrogens with one attached hydrogen (secondary N) is 1. The molecule has 0 aliphatic rings. The van der Waals surface area contributed by atoms with Gasteiger partial charge in [0.05, 0.1) is 6.10 Å².